The maximum Gasteiger partial charge on any atom is 0.253 e. The van der Waals surface area contributed by atoms with E-state index in [0.29, 0.717) is 22.6 Å². The Morgan fingerprint density at radius 2 is 0.865 bits per heavy atom. The minimum absolute atomic E-state index is 0.0339. The van der Waals surface area contributed by atoms with Gasteiger partial charge >= 0.3 is 0 Å². The third kappa shape index (κ3) is 4.57. The summed E-state index contributed by atoms with van der Waals surface area (Å²) in [4.78, 5) is 60.8. The molecule has 0 N–H and O–H groups in total. The first-order chi connectivity index (χ1) is 25.2. The molecule has 0 bridgehead atoms. The van der Waals surface area contributed by atoms with Gasteiger partial charge in [0.1, 0.15) is 23.7 Å². The molecule has 8 rings (SSSR count). The average Bonchev–Trinajstić information content (AvgIpc) is 3.81. The van der Waals surface area contributed by atoms with Gasteiger partial charge < -0.3 is 18.9 Å². The third-order valence-corrected chi connectivity index (χ3v) is 10.4. The van der Waals surface area contributed by atoms with Crippen molar-refractivity contribution >= 4 is 35.0 Å². The molecule has 4 amide bonds. The maximum absolute atomic E-state index is 14.7. The van der Waals surface area contributed by atoms with Crippen molar-refractivity contribution in [3.63, 3.8) is 0 Å². The van der Waals surface area contributed by atoms with Crippen LogP contribution in [0.15, 0.2) is 84.9 Å². The van der Waals surface area contributed by atoms with E-state index in [1.807, 2.05) is 0 Å². The first kappa shape index (κ1) is 33.3. The number of hydrazine groups is 1. The smallest absolute Gasteiger partial charge is 0.253 e. The normalized spacial score (nSPS) is 25.4. The van der Waals surface area contributed by atoms with Crippen LogP contribution in [0.2, 0.25) is 0 Å². The van der Waals surface area contributed by atoms with Gasteiger partial charge in [0, 0.05) is 11.1 Å². The quantitative estimate of drug-likeness (QED) is 0.243. The molecule has 6 unspecified atom stereocenters. The van der Waals surface area contributed by atoms with Crippen molar-refractivity contribution < 1.29 is 46.9 Å². The highest BCUT2D eigenvalue weighted by Gasteiger charge is 2.74. The minimum atomic E-state index is -1.27. The van der Waals surface area contributed by atoms with Crippen LogP contribution < -0.4 is 28.7 Å². The van der Waals surface area contributed by atoms with E-state index < -0.39 is 71.3 Å². The first-order valence-electron chi connectivity index (χ1n) is 16.4. The van der Waals surface area contributed by atoms with Crippen LogP contribution in [-0.4, -0.2) is 74.2 Å². The Morgan fingerprint density at radius 1 is 0.481 bits per heavy atom. The molecule has 6 atom stereocenters. The van der Waals surface area contributed by atoms with E-state index in [4.69, 9.17) is 18.9 Å². The zero-order chi connectivity index (χ0) is 36.6. The van der Waals surface area contributed by atoms with Crippen molar-refractivity contribution in [2.24, 2.45) is 11.8 Å². The molecule has 266 valence electrons. The number of hydrogen-bond donors (Lipinski definition) is 0. The largest absolute Gasteiger partial charge is 0.493 e. The molecular weight excluding hydrogens is 678 g/mol. The topological polar surface area (TPSA) is 118 Å². The van der Waals surface area contributed by atoms with Crippen molar-refractivity contribution in [3.05, 3.63) is 108 Å². The monoisotopic (exact) mass is 710 g/mol. The molecule has 0 aliphatic carbocycles. The number of imide groups is 2. The summed E-state index contributed by atoms with van der Waals surface area (Å²) in [5.74, 6) is -5.14. The second kappa shape index (κ2) is 12.4. The molecule has 0 aromatic heterocycles. The summed E-state index contributed by atoms with van der Waals surface area (Å²) in [6.07, 6.45) is 0. The van der Waals surface area contributed by atoms with Gasteiger partial charge in [0.25, 0.3) is 11.8 Å². The molecule has 0 radical (unpaired) electrons. The first-order valence-corrected chi connectivity index (χ1v) is 16.4. The summed E-state index contributed by atoms with van der Waals surface area (Å²) in [7, 11) is 5.76. The summed E-state index contributed by atoms with van der Waals surface area (Å²) in [6.45, 7) is 0. The van der Waals surface area contributed by atoms with E-state index in [9.17, 15) is 28.0 Å². The highest BCUT2D eigenvalue weighted by Crippen LogP contribution is 2.62. The lowest BCUT2D eigenvalue weighted by Crippen LogP contribution is -2.50. The number of benzene rings is 4. The van der Waals surface area contributed by atoms with Gasteiger partial charge in [0.2, 0.25) is 11.8 Å². The molecular formula is C38H32F2N4O8. The van der Waals surface area contributed by atoms with Gasteiger partial charge in [-0.25, -0.2) is 28.6 Å². The number of anilines is 2. The molecule has 52 heavy (non-hydrogen) atoms. The number of hydrogen-bond acceptors (Lipinski definition) is 10. The molecule has 0 saturated carbocycles. The molecule has 4 heterocycles. The Morgan fingerprint density at radius 3 is 1.21 bits per heavy atom. The summed E-state index contributed by atoms with van der Waals surface area (Å²) in [5.41, 5.74) is 0.879. The van der Waals surface area contributed by atoms with Gasteiger partial charge in [0.15, 0.2) is 23.0 Å². The minimum Gasteiger partial charge on any atom is -0.493 e. The zero-order valence-corrected chi connectivity index (χ0v) is 28.4. The molecule has 4 aromatic rings. The second-order valence-corrected chi connectivity index (χ2v) is 12.7. The predicted molar refractivity (Wildman–Crippen MR) is 181 cm³/mol. The van der Waals surface area contributed by atoms with E-state index >= 15 is 0 Å². The number of fused-ring (bicyclic) bond motifs is 5. The Balaban J connectivity index is 1.40. The number of ether oxygens (including phenoxy) is 4. The van der Waals surface area contributed by atoms with Crippen molar-refractivity contribution in [2.45, 2.75) is 24.2 Å². The van der Waals surface area contributed by atoms with Crippen LogP contribution in [0, 0.1) is 23.5 Å². The van der Waals surface area contributed by atoms with Gasteiger partial charge in [0.05, 0.1) is 63.7 Å². The lowest BCUT2D eigenvalue weighted by atomic mass is 9.83. The van der Waals surface area contributed by atoms with Gasteiger partial charge in [-0.2, -0.15) is 0 Å². The maximum atomic E-state index is 14.7. The third-order valence-electron chi connectivity index (χ3n) is 10.4. The fourth-order valence-corrected chi connectivity index (χ4v) is 8.48. The van der Waals surface area contributed by atoms with E-state index in [1.165, 1.54) is 64.8 Å². The van der Waals surface area contributed by atoms with E-state index in [2.05, 4.69) is 0 Å². The van der Waals surface area contributed by atoms with E-state index in [-0.39, 0.29) is 22.9 Å². The molecule has 4 fully saturated rings. The van der Waals surface area contributed by atoms with E-state index in [1.54, 1.807) is 46.4 Å². The standard InChI is InChI=1S/C38H32F2N4O8/c1-49-25-15-7-13-23(33(25)51-3)29-27-31(37(47)41(35(27)45)21-11-5-9-19(39)17-21)44-30(24-14-8-16-26(50-2)34(24)52-4)28-32(43(29)44)38(48)42(36(28)46)22-12-6-10-20(40)18-22/h5-18,27-32H,1-4H3. The summed E-state index contributed by atoms with van der Waals surface area (Å²) >= 11 is 0. The van der Waals surface area contributed by atoms with Crippen molar-refractivity contribution in [3.8, 4) is 23.0 Å². The number of methoxy groups -OCH3 is 4. The number of rotatable bonds is 8. The molecule has 4 saturated heterocycles. The number of nitrogens with zero attached hydrogens (tertiary/aromatic N) is 4. The number of para-hydroxylation sites is 2. The van der Waals surface area contributed by atoms with Crippen LogP contribution in [0.1, 0.15) is 23.2 Å². The summed E-state index contributed by atoms with van der Waals surface area (Å²) < 4.78 is 52.0. The Kier molecular flexibility index (Phi) is 7.95. The molecule has 0 spiro atoms. The molecule has 4 aliphatic rings. The van der Waals surface area contributed by atoms with Crippen molar-refractivity contribution in [1.29, 1.82) is 0 Å². The highest BCUT2D eigenvalue weighted by molar-refractivity contribution is 6.26. The number of halogens is 2. The van der Waals surface area contributed by atoms with Crippen molar-refractivity contribution in [2.75, 3.05) is 38.2 Å². The highest BCUT2D eigenvalue weighted by atomic mass is 19.1. The second-order valence-electron chi connectivity index (χ2n) is 12.7. The van der Waals surface area contributed by atoms with Crippen LogP contribution in [-0.2, 0) is 19.2 Å². The lowest BCUT2D eigenvalue weighted by Gasteiger charge is -2.36. The molecule has 12 nitrogen and oxygen atoms in total. The Bertz CT molecular complexity index is 2010. The van der Waals surface area contributed by atoms with Crippen LogP contribution in [0.4, 0.5) is 20.2 Å². The van der Waals surface area contributed by atoms with Crippen LogP contribution in [0.3, 0.4) is 0 Å². The Hall–Kier alpha value is -5.86. The predicted octanol–water partition coefficient (Wildman–Crippen LogP) is 4.44. The van der Waals surface area contributed by atoms with Gasteiger partial charge in [-0.05, 0) is 48.5 Å². The molecule has 4 aromatic carbocycles. The molecule has 14 heteroatoms. The zero-order valence-electron chi connectivity index (χ0n) is 28.4. The van der Waals surface area contributed by atoms with E-state index in [0.717, 1.165) is 21.9 Å². The lowest BCUT2D eigenvalue weighted by molar-refractivity contribution is -0.136. The Labute approximate surface area is 296 Å². The van der Waals surface area contributed by atoms with Gasteiger partial charge in [-0.3, -0.25) is 19.2 Å². The van der Waals surface area contributed by atoms with Crippen LogP contribution >= 0.6 is 0 Å². The average molecular weight is 711 g/mol. The number of carbonyl (C=O) groups is 4. The SMILES string of the molecule is COc1cccc(C2C3C(=O)N(c4cccc(F)c4)C(=O)C3N3C(c4cccc(OC)c4OC)C4C(=O)N(c5cccc(F)c5)C(=O)C4N23)c1OC. The van der Waals surface area contributed by atoms with Gasteiger partial charge in [-0.15, -0.1) is 0 Å². The van der Waals surface area contributed by atoms with Crippen LogP contribution in [0.25, 0.3) is 0 Å². The molecule has 4 aliphatic heterocycles. The van der Waals surface area contributed by atoms with Crippen LogP contribution in [0.5, 0.6) is 23.0 Å². The number of amides is 4. The fourth-order valence-electron chi connectivity index (χ4n) is 8.48. The summed E-state index contributed by atoms with van der Waals surface area (Å²) in [5, 5.41) is 3.25. The summed E-state index contributed by atoms with van der Waals surface area (Å²) in [6, 6.07) is 15.7. The van der Waals surface area contributed by atoms with Gasteiger partial charge in [-0.1, -0.05) is 36.4 Å². The van der Waals surface area contributed by atoms with Crippen molar-refractivity contribution in [1.82, 2.24) is 10.0 Å². The number of carbonyl (C=O) groups excluding carboxylic acids is 4. The fraction of sp³-hybridized carbons (Fsp3) is 0.263.